The molecule has 0 spiro atoms. The largest absolute Gasteiger partial charge is 0.501 e. The average molecular weight is 919 g/mol. The number of para-hydroxylation sites is 1. The monoisotopic (exact) mass is 919 g/mol. The van der Waals surface area contributed by atoms with Gasteiger partial charge in [0.1, 0.15) is 5.58 Å². The van der Waals surface area contributed by atoms with E-state index >= 15 is 0 Å². The van der Waals surface area contributed by atoms with Crippen molar-refractivity contribution in [3.05, 3.63) is 139 Å². The van der Waals surface area contributed by atoms with Crippen molar-refractivity contribution in [2.75, 3.05) is 0 Å². The molecule has 1 radical (unpaired) electrons. The van der Waals surface area contributed by atoms with E-state index in [2.05, 4.69) is 139 Å². The van der Waals surface area contributed by atoms with Crippen LogP contribution in [0.2, 0.25) is 19.6 Å². The first-order chi connectivity index (χ1) is 25.8. The summed E-state index contributed by atoms with van der Waals surface area (Å²) in [7, 11) is -1.37. The molecule has 3 heterocycles. The van der Waals surface area contributed by atoms with Crippen LogP contribution in [0.25, 0.3) is 55.6 Å². The van der Waals surface area contributed by atoms with E-state index in [9.17, 15) is 0 Å². The summed E-state index contributed by atoms with van der Waals surface area (Å²) in [4.78, 5) is 9.49. The Morgan fingerprint density at radius 1 is 0.782 bits per heavy atom. The van der Waals surface area contributed by atoms with Gasteiger partial charge in [0.2, 0.25) is 0 Å². The third-order valence-corrected chi connectivity index (χ3v) is 13.2. The maximum Gasteiger partial charge on any atom is 0.120 e. The van der Waals surface area contributed by atoms with Crippen LogP contribution in [0.3, 0.4) is 0 Å². The van der Waals surface area contributed by atoms with Crippen molar-refractivity contribution in [2.24, 2.45) is 11.3 Å². The van der Waals surface area contributed by atoms with Gasteiger partial charge in [-0.1, -0.05) is 150 Å². The molecule has 0 atom stereocenters. The van der Waals surface area contributed by atoms with Gasteiger partial charge in [0.25, 0.3) is 0 Å². The molecule has 285 valence electrons. The minimum atomic E-state index is -1.37. The molecule has 4 aromatic carbocycles. The fourth-order valence-corrected chi connectivity index (χ4v) is 9.82. The molecule has 0 bridgehead atoms. The minimum Gasteiger partial charge on any atom is -0.501 e. The van der Waals surface area contributed by atoms with Gasteiger partial charge in [-0.3, -0.25) is 0 Å². The van der Waals surface area contributed by atoms with E-state index in [4.69, 9.17) is 14.4 Å². The minimum absolute atomic E-state index is 0. The summed E-state index contributed by atoms with van der Waals surface area (Å²) in [5.74, 6) is 0.725. The molecular weight excluding hydrogens is 865 g/mol. The summed E-state index contributed by atoms with van der Waals surface area (Å²) in [6.07, 6.45) is 10.5. The molecular formula is C50H54IrN2OSi-2. The summed E-state index contributed by atoms with van der Waals surface area (Å²) in [5, 5.41) is 3.74. The fraction of sp³-hybridized carbons (Fsp3) is 0.320. The Balaban J connectivity index is 0.000000204. The van der Waals surface area contributed by atoms with Crippen LogP contribution in [0, 0.1) is 23.5 Å². The van der Waals surface area contributed by atoms with Gasteiger partial charge in [-0.25, -0.2) is 0 Å². The van der Waals surface area contributed by atoms with Crippen molar-refractivity contribution in [2.45, 2.75) is 91.8 Å². The summed E-state index contributed by atoms with van der Waals surface area (Å²) in [6, 6.07) is 42.5. The van der Waals surface area contributed by atoms with Crippen LogP contribution < -0.4 is 5.19 Å². The van der Waals surface area contributed by atoms with Crippen LogP contribution in [-0.2, 0) is 31.9 Å². The Bertz CT molecular complexity index is 2360. The molecule has 0 saturated heterocycles. The molecule has 0 amide bonds. The molecule has 0 N–H and O–H groups in total. The van der Waals surface area contributed by atoms with Crippen LogP contribution in [0.5, 0.6) is 0 Å². The van der Waals surface area contributed by atoms with Crippen molar-refractivity contribution < 1.29 is 24.5 Å². The van der Waals surface area contributed by atoms with Crippen molar-refractivity contribution in [3.8, 4) is 33.6 Å². The number of nitrogens with zero attached hydrogens (tertiary/aromatic N) is 2. The molecule has 5 heteroatoms. The van der Waals surface area contributed by atoms with E-state index in [0.717, 1.165) is 62.4 Å². The predicted molar refractivity (Wildman–Crippen MR) is 231 cm³/mol. The SMILES string of the molecule is CC(C)(C)Cc1cc(-c2[c-]cccc2)ncc1[Si](C)(C)C.CC(C)(c1ccnc(-c2[c-]cc(-c3ccccc3)c3c2oc2ccccc23)c1)C1CCCC1.[Ir]. The molecule has 55 heavy (non-hydrogen) atoms. The second-order valence-electron chi connectivity index (χ2n) is 17.9. The zero-order valence-electron chi connectivity index (χ0n) is 33.7. The van der Waals surface area contributed by atoms with Gasteiger partial charge in [-0.05, 0) is 75.7 Å². The Kier molecular flexibility index (Phi) is 12.2. The van der Waals surface area contributed by atoms with Crippen LogP contribution in [-0.4, -0.2) is 18.0 Å². The van der Waals surface area contributed by atoms with Crippen molar-refractivity contribution >= 4 is 35.2 Å². The first-order valence-corrected chi connectivity index (χ1v) is 23.1. The first kappa shape index (κ1) is 40.5. The summed E-state index contributed by atoms with van der Waals surface area (Å²) < 4.78 is 6.45. The quantitative estimate of drug-likeness (QED) is 0.118. The number of fused-ring (bicyclic) bond motifs is 3. The van der Waals surface area contributed by atoms with Gasteiger partial charge in [-0.2, -0.15) is 0 Å². The number of pyridine rings is 2. The van der Waals surface area contributed by atoms with E-state index < -0.39 is 8.07 Å². The average Bonchev–Trinajstić information content (AvgIpc) is 3.85. The Morgan fingerprint density at radius 3 is 2.18 bits per heavy atom. The number of furan rings is 1. The molecule has 3 aromatic heterocycles. The topological polar surface area (TPSA) is 38.9 Å². The zero-order valence-corrected chi connectivity index (χ0v) is 37.1. The molecule has 0 aliphatic heterocycles. The van der Waals surface area contributed by atoms with E-state index in [1.807, 2.05) is 42.6 Å². The molecule has 1 aliphatic carbocycles. The Morgan fingerprint density at radius 2 is 1.49 bits per heavy atom. The van der Waals surface area contributed by atoms with Gasteiger partial charge < -0.3 is 14.4 Å². The maximum absolute atomic E-state index is 6.45. The number of hydrogen-bond donors (Lipinski definition) is 0. The van der Waals surface area contributed by atoms with Gasteiger partial charge in [-0.15, -0.1) is 48.0 Å². The second-order valence-corrected chi connectivity index (χ2v) is 22.9. The maximum atomic E-state index is 6.45. The van der Waals surface area contributed by atoms with Gasteiger partial charge in [0.05, 0.1) is 13.7 Å². The number of benzene rings is 4. The van der Waals surface area contributed by atoms with Crippen molar-refractivity contribution in [1.29, 1.82) is 0 Å². The van der Waals surface area contributed by atoms with Crippen LogP contribution in [0.1, 0.15) is 71.4 Å². The number of hydrogen-bond acceptors (Lipinski definition) is 3. The standard InChI is InChI=1S/C31H28NO.C19H26NSi.Ir/c1-31(2,22-12-6-7-13-22)23-18-19-32-27(20-23)25-17-16-24(21-10-4-3-5-11-21)29-26-14-8-9-15-28(26)33-30(25)29;1-19(2,3)13-16-12-17(15-10-8-7-9-11-15)20-14-18(16)21(4,5)6;/h3-5,8-11,14-16,18-20,22H,6-7,12-13H2,1-2H3;7-10,12,14H,13H2,1-6H3;/q2*-1;. The number of aromatic nitrogens is 2. The van der Waals surface area contributed by atoms with Crippen LogP contribution in [0.15, 0.2) is 120 Å². The molecule has 1 saturated carbocycles. The zero-order chi connectivity index (χ0) is 38.1. The summed E-state index contributed by atoms with van der Waals surface area (Å²) in [6.45, 7) is 18.9. The molecule has 0 unspecified atom stereocenters. The molecule has 8 rings (SSSR count). The summed E-state index contributed by atoms with van der Waals surface area (Å²) in [5.41, 5.74) is 11.3. The third-order valence-electron chi connectivity index (χ3n) is 11.2. The van der Waals surface area contributed by atoms with Crippen LogP contribution >= 0.6 is 0 Å². The normalized spacial score (nSPS) is 13.7. The fourth-order valence-electron chi connectivity index (χ4n) is 8.25. The van der Waals surface area contributed by atoms with E-state index in [1.165, 1.54) is 47.6 Å². The summed E-state index contributed by atoms with van der Waals surface area (Å²) >= 11 is 0. The molecule has 1 fully saturated rings. The van der Waals surface area contributed by atoms with Crippen molar-refractivity contribution in [3.63, 3.8) is 0 Å². The van der Waals surface area contributed by atoms with Crippen molar-refractivity contribution in [1.82, 2.24) is 9.97 Å². The van der Waals surface area contributed by atoms with Gasteiger partial charge in [0.15, 0.2) is 0 Å². The number of rotatable bonds is 7. The Hall–Kier alpha value is -4.15. The molecule has 1 aliphatic rings. The van der Waals surface area contributed by atoms with E-state index in [0.29, 0.717) is 0 Å². The molecule has 3 nitrogen and oxygen atoms in total. The first-order valence-electron chi connectivity index (χ1n) is 19.6. The smallest absolute Gasteiger partial charge is 0.120 e. The van der Waals surface area contributed by atoms with E-state index in [1.54, 1.807) is 0 Å². The van der Waals surface area contributed by atoms with Gasteiger partial charge in [0, 0.05) is 37.9 Å². The Labute approximate surface area is 343 Å². The predicted octanol–water partition coefficient (Wildman–Crippen LogP) is 13.3. The van der Waals surface area contributed by atoms with Gasteiger partial charge >= 0.3 is 0 Å². The molecule has 7 aromatic rings. The van der Waals surface area contributed by atoms with Crippen LogP contribution in [0.4, 0.5) is 0 Å². The van der Waals surface area contributed by atoms with E-state index in [-0.39, 0.29) is 30.9 Å². The third kappa shape index (κ3) is 8.96. The second kappa shape index (κ2) is 16.5.